The van der Waals surface area contributed by atoms with E-state index < -0.39 is 0 Å². The second-order valence-electron chi connectivity index (χ2n) is 4.73. The van der Waals surface area contributed by atoms with Gasteiger partial charge in [0.1, 0.15) is 6.29 Å². The molecule has 0 heterocycles. The first-order chi connectivity index (χ1) is 8.20. The number of amides is 1. The quantitative estimate of drug-likeness (QED) is 0.811. The van der Waals surface area contributed by atoms with Crippen LogP contribution < -0.4 is 5.73 Å². The van der Waals surface area contributed by atoms with Crippen LogP contribution in [0.3, 0.4) is 0 Å². The fourth-order valence-corrected chi connectivity index (χ4v) is 2.51. The van der Waals surface area contributed by atoms with Crippen LogP contribution in [0, 0.1) is 5.92 Å². The van der Waals surface area contributed by atoms with Gasteiger partial charge < -0.3 is 10.5 Å². The number of hydrogen-bond acceptors (Lipinski definition) is 2. The lowest BCUT2D eigenvalue weighted by molar-refractivity contribution is -0.111. The molecule has 0 bridgehead atoms. The number of nitrogens with two attached hydrogens (primary N) is 1. The van der Waals surface area contributed by atoms with Crippen LogP contribution in [0.1, 0.15) is 47.5 Å². The lowest BCUT2D eigenvalue weighted by Crippen LogP contribution is -2.15. The molecule has 2 N–H and O–H groups in total. The third-order valence-corrected chi connectivity index (χ3v) is 3.63. The van der Waals surface area contributed by atoms with E-state index in [0.717, 1.165) is 32.0 Å². The van der Waals surface area contributed by atoms with Crippen molar-refractivity contribution < 1.29 is 9.59 Å². The molecule has 3 heteroatoms. The van der Waals surface area contributed by atoms with Crippen LogP contribution in [0.25, 0.3) is 0 Å². The maximum absolute atomic E-state index is 11.0. The summed E-state index contributed by atoms with van der Waals surface area (Å²) in [5, 5.41) is 0. The summed E-state index contributed by atoms with van der Waals surface area (Å²) in [6, 6.07) is 7.52. The first kappa shape index (κ1) is 11.8. The molecule has 3 nitrogen and oxygen atoms in total. The molecule has 1 saturated carbocycles. The zero-order valence-electron chi connectivity index (χ0n) is 9.76. The topological polar surface area (TPSA) is 60.2 Å². The van der Waals surface area contributed by atoms with Gasteiger partial charge in [0.2, 0.25) is 5.91 Å². The number of primary amides is 1. The van der Waals surface area contributed by atoms with E-state index in [2.05, 4.69) is 0 Å². The Morgan fingerprint density at radius 2 is 1.71 bits per heavy atom. The average Bonchev–Trinajstić information content (AvgIpc) is 2.39. The summed E-state index contributed by atoms with van der Waals surface area (Å²) in [6.45, 7) is 0. The SMILES string of the molecule is NC(=O)c1ccc([C@H]2CC[C@H](C=O)CC2)cc1. The Hall–Kier alpha value is -1.64. The van der Waals surface area contributed by atoms with Gasteiger partial charge in [-0.3, -0.25) is 4.79 Å². The van der Waals surface area contributed by atoms with Gasteiger partial charge in [0, 0.05) is 11.5 Å². The minimum Gasteiger partial charge on any atom is -0.366 e. The fraction of sp³-hybridized carbons (Fsp3) is 0.429. The Morgan fingerprint density at radius 1 is 1.12 bits per heavy atom. The summed E-state index contributed by atoms with van der Waals surface area (Å²) in [5.41, 5.74) is 7.00. The summed E-state index contributed by atoms with van der Waals surface area (Å²) in [7, 11) is 0. The lowest BCUT2D eigenvalue weighted by Gasteiger charge is -2.25. The number of hydrogen-bond donors (Lipinski definition) is 1. The molecule has 1 aliphatic carbocycles. The van der Waals surface area contributed by atoms with Crippen LogP contribution in [-0.2, 0) is 4.79 Å². The molecule has 0 spiro atoms. The summed E-state index contributed by atoms with van der Waals surface area (Å²) >= 11 is 0. The van der Waals surface area contributed by atoms with Gasteiger partial charge in [0.05, 0.1) is 0 Å². The molecular weight excluding hydrogens is 214 g/mol. The zero-order valence-corrected chi connectivity index (χ0v) is 9.76. The Kier molecular flexibility index (Phi) is 3.57. The van der Waals surface area contributed by atoms with Crippen molar-refractivity contribution in [3.63, 3.8) is 0 Å². The maximum Gasteiger partial charge on any atom is 0.248 e. The third kappa shape index (κ3) is 2.73. The molecule has 0 atom stereocenters. The van der Waals surface area contributed by atoms with Gasteiger partial charge in [0.25, 0.3) is 0 Å². The predicted molar refractivity (Wildman–Crippen MR) is 65.7 cm³/mol. The summed E-state index contributed by atoms with van der Waals surface area (Å²) in [5.74, 6) is 0.380. The van der Waals surface area contributed by atoms with Crippen LogP contribution in [0.4, 0.5) is 0 Å². The first-order valence-corrected chi connectivity index (χ1v) is 6.05. The van der Waals surface area contributed by atoms with Crippen molar-refractivity contribution in [1.82, 2.24) is 0 Å². The van der Waals surface area contributed by atoms with Gasteiger partial charge in [-0.05, 0) is 49.3 Å². The monoisotopic (exact) mass is 231 g/mol. The van der Waals surface area contributed by atoms with Gasteiger partial charge in [-0.2, -0.15) is 0 Å². The lowest BCUT2D eigenvalue weighted by atomic mass is 9.79. The smallest absolute Gasteiger partial charge is 0.248 e. The second-order valence-corrected chi connectivity index (χ2v) is 4.73. The summed E-state index contributed by atoms with van der Waals surface area (Å²) in [6.07, 6.45) is 5.14. The molecular formula is C14H17NO2. The van der Waals surface area contributed by atoms with Gasteiger partial charge in [-0.1, -0.05) is 12.1 Å². The molecule has 1 fully saturated rings. The van der Waals surface area contributed by atoms with E-state index in [0.29, 0.717) is 11.5 Å². The molecule has 0 unspecified atom stereocenters. The van der Waals surface area contributed by atoms with Gasteiger partial charge >= 0.3 is 0 Å². The van der Waals surface area contributed by atoms with E-state index in [1.165, 1.54) is 5.56 Å². The van der Waals surface area contributed by atoms with Crippen LogP contribution in [-0.4, -0.2) is 12.2 Å². The minimum absolute atomic E-state index is 0.246. The molecule has 17 heavy (non-hydrogen) atoms. The summed E-state index contributed by atoms with van der Waals surface area (Å²) in [4.78, 5) is 21.6. The highest BCUT2D eigenvalue weighted by Crippen LogP contribution is 2.34. The van der Waals surface area contributed by atoms with E-state index >= 15 is 0 Å². The Morgan fingerprint density at radius 3 is 2.18 bits per heavy atom. The van der Waals surface area contributed by atoms with E-state index in [-0.39, 0.29) is 11.8 Å². The first-order valence-electron chi connectivity index (χ1n) is 6.05. The largest absolute Gasteiger partial charge is 0.366 e. The molecule has 1 aromatic rings. The highest BCUT2D eigenvalue weighted by atomic mass is 16.1. The van der Waals surface area contributed by atoms with E-state index in [1.54, 1.807) is 12.1 Å². The van der Waals surface area contributed by atoms with Crippen LogP contribution >= 0.6 is 0 Å². The average molecular weight is 231 g/mol. The Balaban J connectivity index is 2.03. The predicted octanol–water partition coefficient (Wildman–Crippen LogP) is 2.26. The molecule has 0 aliphatic heterocycles. The fourth-order valence-electron chi connectivity index (χ4n) is 2.51. The molecule has 0 aromatic heterocycles. The maximum atomic E-state index is 11.0. The van der Waals surface area contributed by atoms with Crippen molar-refractivity contribution in [2.45, 2.75) is 31.6 Å². The second kappa shape index (κ2) is 5.13. The Labute approximate surface area is 101 Å². The number of carbonyl (C=O) groups is 2. The Bertz CT molecular complexity index is 403. The summed E-state index contributed by atoms with van der Waals surface area (Å²) < 4.78 is 0. The normalized spacial score (nSPS) is 24.2. The molecule has 1 aliphatic rings. The van der Waals surface area contributed by atoms with Crippen molar-refractivity contribution in [2.75, 3.05) is 0 Å². The van der Waals surface area contributed by atoms with Gasteiger partial charge in [-0.15, -0.1) is 0 Å². The van der Waals surface area contributed by atoms with E-state index in [4.69, 9.17) is 5.73 Å². The number of aldehydes is 1. The third-order valence-electron chi connectivity index (χ3n) is 3.63. The van der Waals surface area contributed by atoms with Crippen molar-refractivity contribution in [3.05, 3.63) is 35.4 Å². The molecule has 2 rings (SSSR count). The molecule has 0 radical (unpaired) electrons. The van der Waals surface area contributed by atoms with Gasteiger partial charge in [-0.25, -0.2) is 0 Å². The van der Waals surface area contributed by atoms with E-state index in [9.17, 15) is 9.59 Å². The minimum atomic E-state index is -0.388. The molecule has 0 saturated heterocycles. The standard InChI is InChI=1S/C14H17NO2/c15-14(17)13-7-5-12(6-8-13)11-3-1-10(9-16)2-4-11/h5-11H,1-4H2,(H2,15,17)/t10-,11-. The highest BCUT2D eigenvalue weighted by molar-refractivity contribution is 5.92. The van der Waals surface area contributed by atoms with Gasteiger partial charge in [0.15, 0.2) is 0 Å². The van der Waals surface area contributed by atoms with Crippen LogP contribution in [0.2, 0.25) is 0 Å². The van der Waals surface area contributed by atoms with E-state index in [1.807, 2.05) is 12.1 Å². The van der Waals surface area contributed by atoms with Crippen LogP contribution in [0.15, 0.2) is 24.3 Å². The van der Waals surface area contributed by atoms with Crippen molar-refractivity contribution in [2.24, 2.45) is 11.7 Å². The number of rotatable bonds is 3. The number of benzene rings is 1. The number of carbonyl (C=O) groups excluding carboxylic acids is 2. The molecule has 90 valence electrons. The molecule has 1 amide bonds. The van der Waals surface area contributed by atoms with Crippen LogP contribution in [0.5, 0.6) is 0 Å². The van der Waals surface area contributed by atoms with Crippen molar-refractivity contribution in [1.29, 1.82) is 0 Å². The molecule has 1 aromatic carbocycles. The zero-order chi connectivity index (χ0) is 12.3. The van der Waals surface area contributed by atoms with Crippen molar-refractivity contribution >= 4 is 12.2 Å². The highest BCUT2D eigenvalue weighted by Gasteiger charge is 2.21. The van der Waals surface area contributed by atoms with Crippen molar-refractivity contribution in [3.8, 4) is 0 Å².